The van der Waals surface area contributed by atoms with Gasteiger partial charge in [0.1, 0.15) is 5.75 Å². The lowest BCUT2D eigenvalue weighted by molar-refractivity contribution is 0.0695. The summed E-state index contributed by atoms with van der Waals surface area (Å²) in [7, 11) is 0. The zero-order valence-corrected chi connectivity index (χ0v) is 15.9. The normalized spacial score (nSPS) is 16.0. The van der Waals surface area contributed by atoms with E-state index in [1.807, 2.05) is 6.07 Å². The third kappa shape index (κ3) is 3.81. The molecule has 4 rings (SSSR count). The Morgan fingerprint density at radius 2 is 2.21 bits per heavy atom. The van der Waals surface area contributed by atoms with Crippen molar-refractivity contribution in [3.63, 3.8) is 0 Å². The number of hydrogen-bond donors (Lipinski definition) is 3. The van der Waals surface area contributed by atoms with Crippen molar-refractivity contribution in [3.05, 3.63) is 52.0 Å². The van der Waals surface area contributed by atoms with Crippen molar-refractivity contribution in [3.8, 4) is 23.6 Å². The first-order chi connectivity index (χ1) is 13.5. The van der Waals surface area contributed by atoms with Crippen LogP contribution in [0, 0.1) is 24.7 Å². The molecule has 2 aromatic carbocycles. The lowest BCUT2D eigenvalue weighted by Gasteiger charge is -2.05. The third-order valence-corrected chi connectivity index (χ3v) is 4.99. The van der Waals surface area contributed by atoms with Crippen LogP contribution in [0.4, 0.5) is 0 Å². The van der Waals surface area contributed by atoms with Crippen molar-refractivity contribution in [1.82, 2.24) is 15.3 Å². The molecule has 1 saturated heterocycles. The van der Waals surface area contributed by atoms with Gasteiger partial charge in [-0.05, 0) is 49.7 Å². The Balaban J connectivity index is 1.61. The van der Waals surface area contributed by atoms with Crippen molar-refractivity contribution in [2.24, 2.45) is 5.92 Å². The molecule has 3 aromatic rings. The van der Waals surface area contributed by atoms with Crippen LogP contribution >= 0.6 is 11.6 Å². The molecule has 1 aromatic heterocycles. The van der Waals surface area contributed by atoms with Crippen molar-refractivity contribution in [2.45, 2.75) is 13.3 Å². The smallest absolute Gasteiger partial charge is 0.336 e. The van der Waals surface area contributed by atoms with Gasteiger partial charge in [-0.1, -0.05) is 29.5 Å². The number of rotatable bonds is 3. The van der Waals surface area contributed by atoms with E-state index in [1.54, 1.807) is 25.1 Å². The van der Waals surface area contributed by atoms with E-state index in [0.717, 1.165) is 30.6 Å². The van der Waals surface area contributed by atoms with Crippen molar-refractivity contribution in [2.75, 3.05) is 13.1 Å². The van der Waals surface area contributed by atoms with E-state index in [1.165, 1.54) is 6.07 Å². The molecule has 142 valence electrons. The minimum absolute atomic E-state index is 0.190. The fourth-order valence-electron chi connectivity index (χ4n) is 3.12. The standard InChI is InChI=1S/C21H18ClN3O3/c1-12-2-5-15(9-16(12)20(26)27)28-21-24-18-8-14(17(22)10-19(18)25-21)4-3-13-6-7-23-11-13/h2,5,8-10,13,23H,6-7,11H2,1H3,(H,24,25)(H,26,27). The predicted octanol–water partition coefficient (Wildman–Crippen LogP) is 3.98. The van der Waals surface area contributed by atoms with Crippen LogP contribution in [0.1, 0.15) is 27.9 Å². The van der Waals surface area contributed by atoms with Gasteiger partial charge < -0.3 is 20.1 Å². The molecule has 0 amide bonds. The number of H-pyrrole nitrogens is 1. The van der Waals surface area contributed by atoms with Crippen LogP contribution < -0.4 is 10.1 Å². The number of aromatic carboxylic acids is 1. The molecule has 28 heavy (non-hydrogen) atoms. The minimum atomic E-state index is -1.000. The molecule has 0 bridgehead atoms. The number of aromatic nitrogens is 2. The topological polar surface area (TPSA) is 87.2 Å². The van der Waals surface area contributed by atoms with Crippen LogP contribution in [0.25, 0.3) is 11.0 Å². The number of ether oxygens (including phenoxy) is 1. The fourth-order valence-corrected chi connectivity index (χ4v) is 3.33. The number of fused-ring (bicyclic) bond motifs is 1. The van der Waals surface area contributed by atoms with Crippen LogP contribution in [0.15, 0.2) is 30.3 Å². The van der Waals surface area contributed by atoms with Gasteiger partial charge >= 0.3 is 5.97 Å². The number of carbonyl (C=O) groups is 1. The van der Waals surface area contributed by atoms with Crippen LogP contribution in [0.3, 0.4) is 0 Å². The highest BCUT2D eigenvalue weighted by Gasteiger charge is 2.13. The van der Waals surface area contributed by atoms with Gasteiger partial charge in [0.25, 0.3) is 6.01 Å². The van der Waals surface area contributed by atoms with E-state index in [-0.39, 0.29) is 11.6 Å². The molecule has 0 spiro atoms. The number of aromatic amines is 1. The lowest BCUT2D eigenvalue weighted by Crippen LogP contribution is -2.07. The quantitative estimate of drug-likeness (QED) is 0.584. The van der Waals surface area contributed by atoms with Crippen molar-refractivity contribution >= 4 is 28.6 Å². The zero-order valence-electron chi connectivity index (χ0n) is 15.2. The number of carboxylic acids is 1. The summed E-state index contributed by atoms with van der Waals surface area (Å²) in [6.45, 7) is 3.64. The maximum absolute atomic E-state index is 11.3. The summed E-state index contributed by atoms with van der Waals surface area (Å²) in [5.74, 6) is 6.13. The molecule has 1 unspecified atom stereocenters. The summed E-state index contributed by atoms with van der Waals surface area (Å²) >= 11 is 6.36. The first kappa shape index (κ1) is 18.4. The first-order valence-corrected chi connectivity index (χ1v) is 9.31. The Morgan fingerprint density at radius 1 is 1.36 bits per heavy atom. The average molecular weight is 396 g/mol. The monoisotopic (exact) mass is 395 g/mol. The van der Waals surface area contributed by atoms with Crippen molar-refractivity contribution < 1.29 is 14.6 Å². The Hall–Kier alpha value is -3.01. The Bertz CT molecular complexity index is 1120. The molecule has 1 atom stereocenters. The summed E-state index contributed by atoms with van der Waals surface area (Å²) in [5, 5.41) is 13.1. The fraction of sp³-hybridized carbons (Fsp3) is 0.238. The second-order valence-electron chi connectivity index (χ2n) is 6.73. The van der Waals surface area contributed by atoms with Gasteiger partial charge in [0.15, 0.2) is 0 Å². The number of aryl methyl sites for hydroxylation is 1. The Labute approximate surface area is 166 Å². The molecular weight excluding hydrogens is 378 g/mol. The minimum Gasteiger partial charge on any atom is -0.478 e. The Kier molecular flexibility index (Phi) is 4.95. The number of nitrogens with one attached hydrogen (secondary N) is 2. The molecule has 0 saturated carbocycles. The van der Waals surface area contributed by atoms with E-state index >= 15 is 0 Å². The highest BCUT2D eigenvalue weighted by molar-refractivity contribution is 6.32. The van der Waals surface area contributed by atoms with E-state index < -0.39 is 5.97 Å². The van der Waals surface area contributed by atoms with Crippen molar-refractivity contribution in [1.29, 1.82) is 0 Å². The molecule has 1 fully saturated rings. The molecule has 2 heterocycles. The predicted molar refractivity (Wildman–Crippen MR) is 107 cm³/mol. The number of halogens is 1. The van der Waals surface area contributed by atoms with Gasteiger partial charge in [-0.25, -0.2) is 4.79 Å². The SMILES string of the molecule is Cc1ccc(Oc2nc3cc(C#CC4CCNC4)c(Cl)cc3[nH]2)cc1C(=O)O. The molecule has 0 aliphatic carbocycles. The first-order valence-electron chi connectivity index (χ1n) is 8.93. The number of benzene rings is 2. The van der Waals surface area contributed by atoms with Crippen LogP contribution in [-0.2, 0) is 0 Å². The maximum atomic E-state index is 11.3. The molecule has 3 N–H and O–H groups in total. The number of hydrogen-bond acceptors (Lipinski definition) is 4. The van der Waals surface area contributed by atoms with Gasteiger partial charge in [-0.3, -0.25) is 0 Å². The summed E-state index contributed by atoms with van der Waals surface area (Å²) < 4.78 is 5.71. The van der Waals surface area contributed by atoms with E-state index in [2.05, 4.69) is 27.1 Å². The second-order valence-corrected chi connectivity index (χ2v) is 7.14. The van der Waals surface area contributed by atoms with E-state index in [4.69, 9.17) is 16.3 Å². The summed E-state index contributed by atoms with van der Waals surface area (Å²) in [4.78, 5) is 18.8. The van der Waals surface area contributed by atoms with Gasteiger partial charge in [-0.2, -0.15) is 4.98 Å². The van der Waals surface area contributed by atoms with Crippen LogP contribution in [0.5, 0.6) is 11.8 Å². The second kappa shape index (κ2) is 7.55. The summed E-state index contributed by atoms with van der Waals surface area (Å²) in [6.07, 6.45) is 1.04. The average Bonchev–Trinajstić information content (AvgIpc) is 3.30. The van der Waals surface area contributed by atoms with Gasteiger partial charge in [0.05, 0.1) is 21.6 Å². The van der Waals surface area contributed by atoms with Gasteiger partial charge in [0, 0.05) is 18.0 Å². The summed E-state index contributed by atoms with van der Waals surface area (Å²) in [6, 6.07) is 8.74. The Morgan fingerprint density at radius 3 is 2.96 bits per heavy atom. The van der Waals surface area contributed by atoms with E-state index in [9.17, 15) is 9.90 Å². The maximum Gasteiger partial charge on any atom is 0.336 e. The molecule has 0 radical (unpaired) electrons. The summed E-state index contributed by atoms with van der Waals surface area (Å²) in [5.41, 5.74) is 2.98. The molecule has 6 nitrogen and oxygen atoms in total. The highest BCUT2D eigenvalue weighted by Crippen LogP contribution is 2.27. The highest BCUT2D eigenvalue weighted by atomic mass is 35.5. The third-order valence-electron chi connectivity index (χ3n) is 4.67. The molecule has 1 aliphatic heterocycles. The molecule has 7 heteroatoms. The van der Waals surface area contributed by atoms with E-state index in [0.29, 0.717) is 27.8 Å². The number of nitrogens with zero attached hydrogens (tertiary/aromatic N) is 1. The zero-order chi connectivity index (χ0) is 19.7. The number of carboxylic acid groups (broad SMARTS) is 1. The molecule has 1 aliphatic rings. The number of imidazole rings is 1. The largest absolute Gasteiger partial charge is 0.478 e. The van der Waals surface area contributed by atoms with Crippen LogP contribution in [0.2, 0.25) is 5.02 Å². The van der Waals surface area contributed by atoms with Gasteiger partial charge in [0.2, 0.25) is 0 Å². The lowest BCUT2D eigenvalue weighted by atomic mass is 10.1. The van der Waals surface area contributed by atoms with Crippen LogP contribution in [-0.4, -0.2) is 34.1 Å². The van der Waals surface area contributed by atoms with Gasteiger partial charge in [-0.15, -0.1) is 0 Å². The molecular formula is C21H18ClN3O3.